The molecular weight excluding hydrogens is 182 g/mol. The molecule has 0 rings (SSSR count). The van der Waals surface area contributed by atoms with Crippen LogP contribution in [0.4, 0.5) is 0 Å². The molecule has 0 unspecified atom stereocenters. The molecule has 14 heavy (non-hydrogen) atoms. The Kier molecular flexibility index (Phi) is 8.08. The Balaban J connectivity index is 3.13. The molecule has 4 heteroatoms. The molecule has 0 aromatic heterocycles. The highest BCUT2D eigenvalue weighted by molar-refractivity contribution is 4.70. The monoisotopic (exact) mass is 205 g/mol. The van der Waals surface area contributed by atoms with Gasteiger partial charge in [0.25, 0.3) is 0 Å². The molecule has 0 bridgehead atoms. The Hall–Kier alpha value is -0.160. The van der Waals surface area contributed by atoms with E-state index in [0.29, 0.717) is 19.8 Å². The smallest absolute Gasteiger partial charge is 0.0746 e. The van der Waals surface area contributed by atoms with Crippen molar-refractivity contribution in [2.75, 3.05) is 47.1 Å². The molecule has 86 valence electrons. The second kappa shape index (κ2) is 8.17. The van der Waals surface area contributed by atoms with Gasteiger partial charge in [-0.05, 0) is 13.8 Å². The zero-order valence-electron chi connectivity index (χ0n) is 9.76. The fraction of sp³-hybridized carbons (Fsp3) is 1.00. The number of methoxy groups -OCH3 is 2. The van der Waals surface area contributed by atoms with Crippen molar-refractivity contribution >= 4 is 0 Å². The first kappa shape index (κ1) is 13.8. The molecule has 0 aliphatic heterocycles. The summed E-state index contributed by atoms with van der Waals surface area (Å²) in [7, 11) is 3.39. The van der Waals surface area contributed by atoms with Crippen LogP contribution in [-0.2, 0) is 14.2 Å². The van der Waals surface area contributed by atoms with Crippen molar-refractivity contribution in [1.29, 1.82) is 0 Å². The van der Waals surface area contributed by atoms with Crippen molar-refractivity contribution in [3.63, 3.8) is 0 Å². The zero-order valence-corrected chi connectivity index (χ0v) is 9.76. The van der Waals surface area contributed by atoms with Crippen molar-refractivity contribution < 1.29 is 14.2 Å². The number of nitrogens with one attached hydrogen (secondary N) is 1. The molecule has 0 heterocycles. The quantitative estimate of drug-likeness (QED) is 0.561. The van der Waals surface area contributed by atoms with Gasteiger partial charge in [-0.1, -0.05) is 0 Å². The summed E-state index contributed by atoms with van der Waals surface area (Å²) in [6, 6.07) is 0. The maximum atomic E-state index is 5.29. The number of hydrogen-bond acceptors (Lipinski definition) is 4. The lowest BCUT2D eigenvalue weighted by atomic mass is 10.1. The van der Waals surface area contributed by atoms with E-state index in [0.717, 1.165) is 13.1 Å². The van der Waals surface area contributed by atoms with E-state index in [1.54, 1.807) is 14.2 Å². The standard InChI is InChI=1S/C10H23NO3/c1-10(2,13-4)9-11-5-6-14-8-7-12-3/h11H,5-9H2,1-4H3. The lowest BCUT2D eigenvalue weighted by Gasteiger charge is -2.23. The van der Waals surface area contributed by atoms with Crippen LogP contribution in [0.25, 0.3) is 0 Å². The minimum Gasteiger partial charge on any atom is -0.382 e. The van der Waals surface area contributed by atoms with Gasteiger partial charge in [0.1, 0.15) is 0 Å². The van der Waals surface area contributed by atoms with Crippen LogP contribution in [0.1, 0.15) is 13.8 Å². The van der Waals surface area contributed by atoms with Gasteiger partial charge in [-0.2, -0.15) is 0 Å². The maximum Gasteiger partial charge on any atom is 0.0746 e. The molecule has 0 aromatic rings. The number of rotatable bonds is 9. The fourth-order valence-electron chi connectivity index (χ4n) is 0.850. The number of hydrogen-bond donors (Lipinski definition) is 1. The summed E-state index contributed by atoms with van der Waals surface area (Å²) in [5, 5.41) is 3.26. The predicted octanol–water partition coefficient (Wildman–Crippen LogP) is 0.664. The first-order valence-corrected chi connectivity index (χ1v) is 4.95. The molecule has 0 saturated heterocycles. The highest BCUT2D eigenvalue weighted by atomic mass is 16.5. The zero-order chi connectivity index (χ0) is 10.9. The van der Waals surface area contributed by atoms with Crippen LogP contribution in [-0.4, -0.2) is 52.7 Å². The van der Waals surface area contributed by atoms with Gasteiger partial charge in [0.05, 0.1) is 25.4 Å². The molecule has 0 aliphatic carbocycles. The molecule has 0 saturated carbocycles. The van der Waals surface area contributed by atoms with Crippen molar-refractivity contribution in [1.82, 2.24) is 5.32 Å². The Morgan fingerprint density at radius 2 is 1.79 bits per heavy atom. The Morgan fingerprint density at radius 3 is 2.36 bits per heavy atom. The fourth-order valence-corrected chi connectivity index (χ4v) is 0.850. The Labute approximate surface area is 86.9 Å². The first-order valence-electron chi connectivity index (χ1n) is 4.95. The summed E-state index contributed by atoms with van der Waals surface area (Å²) in [6.45, 7) is 7.80. The highest BCUT2D eigenvalue weighted by Crippen LogP contribution is 2.03. The SMILES string of the molecule is COCCOCCNCC(C)(C)OC. The van der Waals surface area contributed by atoms with E-state index in [2.05, 4.69) is 5.32 Å². The summed E-state index contributed by atoms with van der Waals surface area (Å²) in [4.78, 5) is 0. The molecule has 1 N–H and O–H groups in total. The molecule has 0 fully saturated rings. The van der Waals surface area contributed by atoms with Gasteiger partial charge in [0, 0.05) is 27.3 Å². The van der Waals surface area contributed by atoms with Crippen LogP contribution in [0.3, 0.4) is 0 Å². The normalized spacial score (nSPS) is 12.0. The largest absolute Gasteiger partial charge is 0.382 e. The molecule has 0 spiro atoms. The van der Waals surface area contributed by atoms with Crippen LogP contribution < -0.4 is 5.32 Å². The van der Waals surface area contributed by atoms with E-state index in [1.807, 2.05) is 13.8 Å². The van der Waals surface area contributed by atoms with Crippen LogP contribution >= 0.6 is 0 Å². The van der Waals surface area contributed by atoms with Gasteiger partial charge >= 0.3 is 0 Å². The molecule has 0 aliphatic rings. The van der Waals surface area contributed by atoms with Crippen molar-refractivity contribution in [2.24, 2.45) is 0 Å². The van der Waals surface area contributed by atoms with E-state index in [4.69, 9.17) is 14.2 Å². The van der Waals surface area contributed by atoms with E-state index < -0.39 is 0 Å². The Bertz CT molecular complexity index is 129. The molecule has 0 atom stereocenters. The molecule has 0 aromatic carbocycles. The second-order valence-corrected chi connectivity index (χ2v) is 3.75. The molecular formula is C10H23NO3. The van der Waals surface area contributed by atoms with Gasteiger partial charge in [-0.3, -0.25) is 0 Å². The molecule has 0 radical (unpaired) electrons. The summed E-state index contributed by atoms with van der Waals surface area (Å²) >= 11 is 0. The van der Waals surface area contributed by atoms with Crippen LogP contribution in [0.2, 0.25) is 0 Å². The van der Waals surface area contributed by atoms with Gasteiger partial charge in [0.2, 0.25) is 0 Å². The summed E-state index contributed by atoms with van der Waals surface area (Å²) in [5.74, 6) is 0. The second-order valence-electron chi connectivity index (χ2n) is 3.75. The van der Waals surface area contributed by atoms with E-state index in [1.165, 1.54) is 0 Å². The summed E-state index contributed by atoms with van der Waals surface area (Å²) in [5.41, 5.74) is -0.105. The van der Waals surface area contributed by atoms with Crippen molar-refractivity contribution in [2.45, 2.75) is 19.4 Å². The Morgan fingerprint density at radius 1 is 1.07 bits per heavy atom. The molecule has 4 nitrogen and oxygen atoms in total. The van der Waals surface area contributed by atoms with Crippen LogP contribution in [0.5, 0.6) is 0 Å². The van der Waals surface area contributed by atoms with Gasteiger partial charge in [-0.15, -0.1) is 0 Å². The third kappa shape index (κ3) is 8.44. The van der Waals surface area contributed by atoms with Crippen LogP contribution in [0, 0.1) is 0 Å². The van der Waals surface area contributed by atoms with E-state index in [9.17, 15) is 0 Å². The lowest BCUT2D eigenvalue weighted by Crippen LogP contribution is -2.38. The average Bonchev–Trinajstić information content (AvgIpc) is 2.16. The first-order chi connectivity index (χ1) is 6.62. The lowest BCUT2D eigenvalue weighted by molar-refractivity contribution is 0.0202. The third-order valence-corrected chi connectivity index (χ3v) is 1.96. The average molecular weight is 205 g/mol. The minimum absolute atomic E-state index is 0.105. The summed E-state index contributed by atoms with van der Waals surface area (Å²) in [6.07, 6.45) is 0. The minimum atomic E-state index is -0.105. The van der Waals surface area contributed by atoms with E-state index in [-0.39, 0.29) is 5.60 Å². The van der Waals surface area contributed by atoms with Crippen molar-refractivity contribution in [3.8, 4) is 0 Å². The molecule has 0 amide bonds. The topological polar surface area (TPSA) is 39.7 Å². The predicted molar refractivity (Wildman–Crippen MR) is 56.7 cm³/mol. The maximum absolute atomic E-state index is 5.29. The highest BCUT2D eigenvalue weighted by Gasteiger charge is 2.14. The third-order valence-electron chi connectivity index (χ3n) is 1.96. The van der Waals surface area contributed by atoms with Crippen molar-refractivity contribution in [3.05, 3.63) is 0 Å². The number of ether oxygens (including phenoxy) is 3. The van der Waals surface area contributed by atoms with Crippen LogP contribution in [0.15, 0.2) is 0 Å². The van der Waals surface area contributed by atoms with E-state index >= 15 is 0 Å². The summed E-state index contributed by atoms with van der Waals surface area (Å²) < 4.78 is 15.4. The van der Waals surface area contributed by atoms with Gasteiger partial charge < -0.3 is 19.5 Å². The van der Waals surface area contributed by atoms with Gasteiger partial charge in [0.15, 0.2) is 0 Å². The van der Waals surface area contributed by atoms with Gasteiger partial charge in [-0.25, -0.2) is 0 Å².